The van der Waals surface area contributed by atoms with Gasteiger partial charge in [-0.25, -0.2) is 4.79 Å². The lowest BCUT2D eigenvalue weighted by molar-refractivity contribution is -0.147. The van der Waals surface area contributed by atoms with E-state index < -0.39 is 24.5 Å². The molecule has 0 radical (unpaired) electrons. The highest BCUT2D eigenvalue weighted by atomic mass is 32.2. The van der Waals surface area contributed by atoms with E-state index in [1.807, 2.05) is 30.3 Å². The molecule has 0 bridgehead atoms. The first-order chi connectivity index (χ1) is 12.1. The average Bonchev–Trinajstić information content (AvgIpc) is 2.61. The Hall–Kier alpha value is -2.02. The van der Waals surface area contributed by atoms with Gasteiger partial charge >= 0.3 is 12.0 Å². The number of carbonyl (C=O) groups excluding carboxylic acids is 3. The zero-order valence-corrected chi connectivity index (χ0v) is 15.0. The number of rotatable bonds is 7. The van der Waals surface area contributed by atoms with E-state index in [1.165, 1.54) is 6.42 Å². The van der Waals surface area contributed by atoms with Crippen molar-refractivity contribution in [3.63, 3.8) is 0 Å². The van der Waals surface area contributed by atoms with Crippen LogP contribution in [0.5, 0.6) is 0 Å². The van der Waals surface area contributed by atoms with Crippen molar-refractivity contribution in [2.75, 3.05) is 12.4 Å². The van der Waals surface area contributed by atoms with Crippen molar-refractivity contribution >= 4 is 29.7 Å². The summed E-state index contributed by atoms with van der Waals surface area (Å²) in [7, 11) is 0. The number of carbonyl (C=O) groups is 3. The molecule has 6 nitrogen and oxygen atoms in total. The topological polar surface area (TPSA) is 84.5 Å². The zero-order valence-electron chi connectivity index (χ0n) is 14.2. The van der Waals surface area contributed by atoms with Crippen molar-refractivity contribution in [2.24, 2.45) is 0 Å². The van der Waals surface area contributed by atoms with Gasteiger partial charge in [-0.2, -0.15) is 0 Å². The Morgan fingerprint density at radius 3 is 2.52 bits per heavy atom. The predicted molar refractivity (Wildman–Crippen MR) is 96.3 cm³/mol. The first-order valence-corrected chi connectivity index (χ1v) is 9.56. The van der Waals surface area contributed by atoms with E-state index >= 15 is 0 Å². The second-order valence-electron chi connectivity index (χ2n) is 5.93. The van der Waals surface area contributed by atoms with Crippen molar-refractivity contribution in [3.05, 3.63) is 30.3 Å². The lowest BCUT2D eigenvalue weighted by atomic mass is 9.96. The van der Waals surface area contributed by atoms with Crippen molar-refractivity contribution in [3.8, 4) is 0 Å². The van der Waals surface area contributed by atoms with Crippen LogP contribution in [0.3, 0.4) is 0 Å². The molecule has 7 heteroatoms. The maximum Gasteiger partial charge on any atom is 0.321 e. The SMILES string of the molecule is O=C(COC(=O)CCSc1ccccc1)NC(=O)NC1CCCCC1. The van der Waals surface area contributed by atoms with Gasteiger partial charge in [-0.15, -0.1) is 11.8 Å². The molecule has 3 amide bonds. The van der Waals surface area contributed by atoms with Gasteiger partial charge in [0.15, 0.2) is 6.61 Å². The number of amides is 3. The minimum Gasteiger partial charge on any atom is -0.456 e. The third-order valence-electron chi connectivity index (χ3n) is 3.88. The lowest BCUT2D eigenvalue weighted by Crippen LogP contribution is -2.46. The fraction of sp³-hybridized carbons (Fsp3) is 0.500. The van der Waals surface area contributed by atoms with Crippen LogP contribution in [-0.4, -0.2) is 36.3 Å². The van der Waals surface area contributed by atoms with Gasteiger partial charge in [-0.1, -0.05) is 37.5 Å². The molecule has 0 atom stereocenters. The Kier molecular flexibility index (Phi) is 8.31. The minimum atomic E-state index is -0.614. The standard InChI is InChI=1S/C18H24N2O4S/c21-16(20-18(23)19-14-7-3-1-4-8-14)13-24-17(22)11-12-25-15-9-5-2-6-10-15/h2,5-6,9-10,14H,1,3-4,7-8,11-13H2,(H2,19,20,21,23). The third kappa shape index (κ3) is 8.07. The first-order valence-electron chi connectivity index (χ1n) is 8.57. The Morgan fingerprint density at radius 1 is 1.08 bits per heavy atom. The number of urea groups is 1. The van der Waals surface area contributed by atoms with Gasteiger partial charge in [0.25, 0.3) is 5.91 Å². The van der Waals surface area contributed by atoms with E-state index in [1.54, 1.807) is 11.8 Å². The molecular weight excluding hydrogens is 340 g/mol. The minimum absolute atomic E-state index is 0.124. The van der Waals surface area contributed by atoms with Crippen LogP contribution in [0.4, 0.5) is 4.79 Å². The molecule has 0 saturated heterocycles. The molecule has 0 unspecified atom stereocenters. The van der Waals surface area contributed by atoms with Crippen molar-refractivity contribution < 1.29 is 19.1 Å². The summed E-state index contributed by atoms with van der Waals surface area (Å²) in [4.78, 5) is 36.0. The summed E-state index contributed by atoms with van der Waals surface area (Å²) in [5.74, 6) is -0.490. The summed E-state index contributed by atoms with van der Waals surface area (Å²) in [5, 5.41) is 4.97. The van der Waals surface area contributed by atoms with E-state index in [-0.39, 0.29) is 12.5 Å². The maximum atomic E-state index is 11.7. The number of benzene rings is 1. The van der Waals surface area contributed by atoms with Crippen LogP contribution in [0.25, 0.3) is 0 Å². The van der Waals surface area contributed by atoms with Crippen LogP contribution in [0.1, 0.15) is 38.5 Å². The summed E-state index contributed by atoms with van der Waals surface area (Å²) in [5.41, 5.74) is 0. The molecule has 136 valence electrons. The number of thioether (sulfide) groups is 1. The highest BCUT2D eigenvalue weighted by Gasteiger charge is 2.17. The van der Waals surface area contributed by atoms with Gasteiger partial charge < -0.3 is 10.1 Å². The van der Waals surface area contributed by atoms with Gasteiger partial charge in [-0.3, -0.25) is 14.9 Å². The number of hydrogen-bond acceptors (Lipinski definition) is 5. The second-order valence-corrected chi connectivity index (χ2v) is 7.10. The molecule has 1 fully saturated rings. The van der Waals surface area contributed by atoms with Gasteiger partial charge in [0, 0.05) is 16.7 Å². The van der Waals surface area contributed by atoms with Gasteiger partial charge in [0.2, 0.25) is 0 Å². The number of imide groups is 1. The van der Waals surface area contributed by atoms with Crippen LogP contribution >= 0.6 is 11.8 Å². The Balaban J connectivity index is 1.55. The van der Waals surface area contributed by atoms with Crippen molar-refractivity contribution in [1.29, 1.82) is 0 Å². The zero-order chi connectivity index (χ0) is 17.9. The normalized spacial score (nSPS) is 14.6. The molecule has 2 rings (SSSR count). The summed E-state index contributed by atoms with van der Waals surface area (Å²) in [6.45, 7) is -0.438. The van der Waals surface area contributed by atoms with Crippen LogP contribution in [0.2, 0.25) is 0 Å². The Morgan fingerprint density at radius 2 is 1.80 bits per heavy atom. The molecule has 0 aromatic heterocycles. The summed E-state index contributed by atoms with van der Waals surface area (Å²) in [6, 6.07) is 9.34. The van der Waals surface area contributed by atoms with E-state index in [2.05, 4.69) is 10.6 Å². The number of esters is 1. The van der Waals surface area contributed by atoms with Crippen molar-refractivity contribution in [1.82, 2.24) is 10.6 Å². The molecule has 1 aromatic rings. The fourth-order valence-electron chi connectivity index (χ4n) is 2.62. The van der Waals surface area contributed by atoms with E-state index in [4.69, 9.17) is 4.74 Å². The van der Waals surface area contributed by atoms with Crippen LogP contribution in [0.15, 0.2) is 35.2 Å². The molecule has 0 aliphatic heterocycles. The third-order valence-corrected chi connectivity index (χ3v) is 4.89. The number of hydrogen-bond donors (Lipinski definition) is 2. The molecule has 25 heavy (non-hydrogen) atoms. The van der Waals surface area contributed by atoms with Gasteiger partial charge in [0.05, 0.1) is 6.42 Å². The lowest BCUT2D eigenvalue weighted by Gasteiger charge is -2.22. The summed E-state index contributed by atoms with van der Waals surface area (Å²) >= 11 is 1.55. The smallest absolute Gasteiger partial charge is 0.321 e. The Labute approximate surface area is 152 Å². The molecule has 1 aliphatic rings. The average molecular weight is 364 g/mol. The molecule has 2 N–H and O–H groups in total. The van der Waals surface area contributed by atoms with E-state index in [0.29, 0.717) is 5.75 Å². The summed E-state index contributed by atoms with van der Waals surface area (Å²) < 4.78 is 4.89. The van der Waals surface area contributed by atoms with Gasteiger partial charge in [-0.05, 0) is 25.0 Å². The molecule has 0 spiro atoms. The van der Waals surface area contributed by atoms with Crippen LogP contribution in [-0.2, 0) is 14.3 Å². The monoisotopic (exact) mass is 364 g/mol. The van der Waals surface area contributed by atoms with E-state index in [0.717, 1.165) is 30.6 Å². The largest absolute Gasteiger partial charge is 0.456 e. The Bertz CT molecular complexity index is 574. The fourth-order valence-corrected chi connectivity index (χ4v) is 3.47. The van der Waals surface area contributed by atoms with Gasteiger partial charge in [0.1, 0.15) is 0 Å². The molecule has 1 aliphatic carbocycles. The van der Waals surface area contributed by atoms with Crippen LogP contribution < -0.4 is 10.6 Å². The highest BCUT2D eigenvalue weighted by molar-refractivity contribution is 7.99. The highest BCUT2D eigenvalue weighted by Crippen LogP contribution is 2.18. The summed E-state index contributed by atoms with van der Waals surface area (Å²) in [6.07, 6.45) is 5.47. The maximum absolute atomic E-state index is 11.7. The van der Waals surface area contributed by atoms with E-state index in [9.17, 15) is 14.4 Å². The number of ether oxygens (including phenoxy) is 1. The van der Waals surface area contributed by atoms with Crippen LogP contribution in [0, 0.1) is 0 Å². The quantitative estimate of drug-likeness (QED) is 0.574. The number of nitrogens with one attached hydrogen (secondary N) is 2. The molecule has 0 heterocycles. The predicted octanol–water partition coefficient (Wildman–Crippen LogP) is 2.87. The molecule has 1 saturated carbocycles. The molecule has 1 aromatic carbocycles. The van der Waals surface area contributed by atoms with Crippen molar-refractivity contribution in [2.45, 2.75) is 49.5 Å². The second kappa shape index (κ2) is 10.8. The molecular formula is C18H24N2O4S. The first kappa shape index (κ1) is 19.3.